The van der Waals surface area contributed by atoms with E-state index < -0.39 is 6.16 Å². The highest BCUT2D eigenvalue weighted by Gasteiger charge is 2.12. The predicted molar refractivity (Wildman–Crippen MR) is 86.2 cm³/mol. The zero-order valence-electron chi connectivity index (χ0n) is 12.2. The molecule has 0 unspecified atom stereocenters. The molecule has 0 spiro atoms. The van der Waals surface area contributed by atoms with Gasteiger partial charge in [0.05, 0.1) is 0 Å². The summed E-state index contributed by atoms with van der Waals surface area (Å²) in [6.07, 6.45) is -1.37. The molecule has 0 radical (unpaired) electrons. The Balaban J connectivity index is 1.82. The van der Waals surface area contributed by atoms with E-state index in [1.165, 1.54) is 6.07 Å². The van der Waals surface area contributed by atoms with Gasteiger partial charge in [0.1, 0.15) is 11.3 Å². The molecule has 0 amide bonds. The Hall–Kier alpha value is -2.73. The number of aryl methyl sites for hydroxylation is 1. The van der Waals surface area contributed by atoms with Crippen LogP contribution >= 0.6 is 11.6 Å². The molecule has 0 saturated carbocycles. The van der Waals surface area contributed by atoms with Crippen LogP contribution in [0.15, 0.2) is 40.8 Å². The molecule has 118 valence electrons. The second-order valence-electron chi connectivity index (χ2n) is 4.96. The number of fused-ring (bicyclic) bond motifs is 1. The van der Waals surface area contributed by atoms with Crippen LogP contribution in [0.3, 0.4) is 0 Å². The van der Waals surface area contributed by atoms with Gasteiger partial charge in [0.15, 0.2) is 5.58 Å². The van der Waals surface area contributed by atoms with Gasteiger partial charge in [-0.2, -0.15) is 4.98 Å². The summed E-state index contributed by atoms with van der Waals surface area (Å²) >= 11 is 5.94. The van der Waals surface area contributed by atoms with E-state index in [0.29, 0.717) is 28.7 Å². The quantitative estimate of drug-likeness (QED) is 0.542. The zero-order chi connectivity index (χ0) is 16.4. The maximum absolute atomic E-state index is 10.6. The number of hydrogen-bond donors (Lipinski definition) is 2. The first kappa shape index (κ1) is 15.2. The molecular weight excluding hydrogens is 320 g/mol. The molecule has 3 rings (SSSR count). The molecule has 23 heavy (non-hydrogen) atoms. The molecule has 0 fully saturated rings. The van der Waals surface area contributed by atoms with Crippen molar-refractivity contribution in [2.75, 3.05) is 5.32 Å². The molecule has 0 aliphatic heterocycles. The summed E-state index contributed by atoms with van der Waals surface area (Å²) in [5.41, 5.74) is 2.83. The normalized spacial score (nSPS) is 10.7. The number of benzene rings is 2. The van der Waals surface area contributed by atoms with Gasteiger partial charge >= 0.3 is 6.16 Å². The van der Waals surface area contributed by atoms with Gasteiger partial charge in [-0.15, -0.1) is 0 Å². The smallest absolute Gasteiger partial charge is 0.449 e. The van der Waals surface area contributed by atoms with Gasteiger partial charge in [-0.1, -0.05) is 23.7 Å². The molecule has 0 aliphatic rings. The fraction of sp³-hybridized carbons (Fsp3) is 0.125. The van der Waals surface area contributed by atoms with Crippen molar-refractivity contribution in [1.82, 2.24) is 4.98 Å². The van der Waals surface area contributed by atoms with Gasteiger partial charge in [0.2, 0.25) is 0 Å². The standard InChI is InChI=1S/C16H13ClN2O4/c1-9-5-12(22-16(20)21)7-13-14(9)23-15(19-13)18-8-10-3-2-4-11(17)6-10/h2-7H,8H2,1H3,(H,18,19)(H,20,21). The summed E-state index contributed by atoms with van der Waals surface area (Å²) in [5, 5.41) is 12.4. The van der Waals surface area contributed by atoms with Crippen molar-refractivity contribution >= 4 is 34.9 Å². The van der Waals surface area contributed by atoms with E-state index in [1.807, 2.05) is 18.2 Å². The number of aromatic nitrogens is 1. The van der Waals surface area contributed by atoms with E-state index in [1.54, 1.807) is 19.1 Å². The van der Waals surface area contributed by atoms with Crippen molar-refractivity contribution in [1.29, 1.82) is 0 Å². The highest BCUT2D eigenvalue weighted by molar-refractivity contribution is 6.30. The summed E-state index contributed by atoms with van der Waals surface area (Å²) < 4.78 is 10.3. The van der Waals surface area contributed by atoms with E-state index >= 15 is 0 Å². The SMILES string of the molecule is Cc1cc(OC(=O)O)cc2nc(NCc3cccc(Cl)c3)oc12. The Labute approximate surface area is 136 Å². The summed E-state index contributed by atoms with van der Waals surface area (Å²) in [4.78, 5) is 14.9. The van der Waals surface area contributed by atoms with Crippen molar-refractivity contribution < 1.29 is 19.1 Å². The third-order valence-electron chi connectivity index (χ3n) is 3.19. The lowest BCUT2D eigenvalue weighted by Gasteiger charge is -2.02. The van der Waals surface area contributed by atoms with Gasteiger partial charge in [-0.05, 0) is 36.2 Å². The number of rotatable bonds is 4. The van der Waals surface area contributed by atoms with Crippen LogP contribution < -0.4 is 10.1 Å². The van der Waals surface area contributed by atoms with Gasteiger partial charge < -0.3 is 19.6 Å². The lowest BCUT2D eigenvalue weighted by Crippen LogP contribution is -2.02. The minimum absolute atomic E-state index is 0.206. The number of ether oxygens (including phenoxy) is 1. The second kappa shape index (κ2) is 6.18. The van der Waals surface area contributed by atoms with Crippen molar-refractivity contribution in [3.63, 3.8) is 0 Å². The van der Waals surface area contributed by atoms with Crippen LogP contribution in [0.2, 0.25) is 5.02 Å². The maximum atomic E-state index is 10.6. The van der Waals surface area contributed by atoms with Gasteiger partial charge in [0.25, 0.3) is 6.01 Å². The molecule has 0 aliphatic carbocycles. The minimum Gasteiger partial charge on any atom is -0.449 e. The highest BCUT2D eigenvalue weighted by Crippen LogP contribution is 2.27. The van der Waals surface area contributed by atoms with Crippen molar-refractivity contribution in [3.8, 4) is 5.75 Å². The van der Waals surface area contributed by atoms with E-state index in [4.69, 9.17) is 21.1 Å². The average Bonchev–Trinajstić information content (AvgIpc) is 2.88. The third kappa shape index (κ3) is 3.54. The third-order valence-corrected chi connectivity index (χ3v) is 3.42. The monoisotopic (exact) mass is 332 g/mol. The van der Waals surface area contributed by atoms with E-state index in [-0.39, 0.29) is 5.75 Å². The Morgan fingerprint density at radius 1 is 1.39 bits per heavy atom. The molecule has 1 heterocycles. The predicted octanol–water partition coefficient (Wildman–Crippen LogP) is 4.46. The topological polar surface area (TPSA) is 84.6 Å². The number of halogens is 1. The van der Waals surface area contributed by atoms with Crippen molar-refractivity contribution in [2.45, 2.75) is 13.5 Å². The molecule has 0 saturated heterocycles. The van der Waals surface area contributed by atoms with Gasteiger partial charge in [-0.3, -0.25) is 0 Å². The van der Waals surface area contributed by atoms with E-state index in [9.17, 15) is 4.79 Å². The van der Waals surface area contributed by atoms with Crippen LogP contribution in [0.25, 0.3) is 11.1 Å². The van der Waals surface area contributed by atoms with Crippen LogP contribution in [0.4, 0.5) is 10.8 Å². The van der Waals surface area contributed by atoms with Crippen LogP contribution in [-0.2, 0) is 6.54 Å². The molecule has 6 nitrogen and oxygen atoms in total. The second-order valence-corrected chi connectivity index (χ2v) is 5.40. The molecule has 2 N–H and O–H groups in total. The Kier molecular flexibility index (Phi) is 4.08. The maximum Gasteiger partial charge on any atom is 0.511 e. The minimum atomic E-state index is -1.37. The fourth-order valence-corrected chi connectivity index (χ4v) is 2.44. The van der Waals surface area contributed by atoms with Crippen molar-refractivity contribution in [3.05, 3.63) is 52.5 Å². The van der Waals surface area contributed by atoms with Crippen LogP contribution in [0.1, 0.15) is 11.1 Å². The lowest BCUT2D eigenvalue weighted by molar-refractivity contribution is 0.144. The number of carbonyl (C=O) groups is 1. The first-order chi connectivity index (χ1) is 11.0. The Morgan fingerprint density at radius 3 is 2.96 bits per heavy atom. The van der Waals surface area contributed by atoms with Crippen molar-refractivity contribution in [2.24, 2.45) is 0 Å². The largest absolute Gasteiger partial charge is 0.511 e. The van der Waals surface area contributed by atoms with Crippen LogP contribution in [0, 0.1) is 6.92 Å². The Morgan fingerprint density at radius 2 is 2.22 bits per heavy atom. The van der Waals surface area contributed by atoms with E-state index in [0.717, 1.165) is 11.1 Å². The van der Waals surface area contributed by atoms with Gasteiger partial charge in [-0.25, -0.2) is 4.79 Å². The summed E-state index contributed by atoms with van der Waals surface area (Å²) in [5.74, 6) is 0.206. The molecule has 0 bridgehead atoms. The molecule has 0 atom stereocenters. The zero-order valence-corrected chi connectivity index (χ0v) is 12.9. The lowest BCUT2D eigenvalue weighted by atomic mass is 10.2. The molecular formula is C16H13ClN2O4. The first-order valence-corrected chi connectivity index (χ1v) is 7.19. The molecule has 2 aromatic carbocycles. The van der Waals surface area contributed by atoms with Crippen LogP contribution in [0.5, 0.6) is 5.75 Å². The Bertz CT molecular complexity index is 876. The number of carboxylic acid groups (broad SMARTS) is 1. The summed E-state index contributed by atoms with van der Waals surface area (Å²) in [6.45, 7) is 2.30. The van der Waals surface area contributed by atoms with Crippen LogP contribution in [-0.4, -0.2) is 16.2 Å². The molecule has 1 aromatic heterocycles. The summed E-state index contributed by atoms with van der Waals surface area (Å²) in [7, 11) is 0. The highest BCUT2D eigenvalue weighted by atomic mass is 35.5. The average molecular weight is 333 g/mol. The van der Waals surface area contributed by atoms with Gasteiger partial charge in [0, 0.05) is 17.6 Å². The number of oxazole rings is 1. The number of nitrogens with one attached hydrogen (secondary N) is 1. The van der Waals surface area contributed by atoms with E-state index in [2.05, 4.69) is 15.0 Å². The summed E-state index contributed by atoms with van der Waals surface area (Å²) in [6, 6.07) is 10.9. The molecule has 3 aromatic rings. The molecule has 7 heteroatoms. The fourth-order valence-electron chi connectivity index (χ4n) is 2.23. The first-order valence-electron chi connectivity index (χ1n) is 6.81. The number of hydrogen-bond acceptors (Lipinski definition) is 5. The number of nitrogens with zero attached hydrogens (tertiary/aromatic N) is 1. The number of anilines is 1.